The third-order valence-electron chi connectivity index (χ3n) is 4.66. The van der Waals surface area contributed by atoms with Gasteiger partial charge in [0.1, 0.15) is 5.82 Å². The van der Waals surface area contributed by atoms with Crippen molar-refractivity contribution in [1.82, 2.24) is 15.2 Å². The minimum Gasteiger partial charge on any atom is -0.357 e. The Morgan fingerprint density at radius 1 is 1.00 bits per heavy atom. The van der Waals surface area contributed by atoms with Gasteiger partial charge in [0.2, 0.25) is 0 Å². The van der Waals surface area contributed by atoms with Crippen LogP contribution >= 0.6 is 0 Å². The highest BCUT2D eigenvalue weighted by Crippen LogP contribution is 2.19. The van der Waals surface area contributed by atoms with E-state index in [1.807, 2.05) is 12.3 Å². The molecule has 3 rings (SSSR count). The zero-order chi connectivity index (χ0) is 13.8. The summed E-state index contributed by atoms with van der Waals surface area (Å²) >= 11 is 0. The van der Waals surface area contributed by atoms with Crippen molar-refractivity contribution in [3.63, 3.8) is 0 Å². The Kier molecular flexibility index (Phi) is 4.53. The van der Waals surface area contributed by atoms with Crippen molar-refractivity contribution in [2.45, 2.75) is 37.8 Å². The predicted molar refractivity (Wildman–Crippen MR) is 83.1 cm³/mol. The van der Waals surface area contributed by atoms with Crippen molar-refractivity contribution in [3.05, 3.63) is 24.4 Å². The van der Waals surface area contributed by atoms with Crippen molar-refractivity contribution >= 4 is 5.82 Å². The molecule has 0 bridgehead atoms. The molecule has 2 aliphatic heterocycles. The fourth-order valence-corrected chi connectivity index (χ4v) is 3.32. The van der Waals surface area contributed by atoms with E-state index in [1.54, 1.807) is 0 Å². The highest BCUT2D eigenvalue weighted by atomic mass is 15.2. The number of aromatic nitrogens is 1. The zero-order valence-corrected chi connectivity index (χ0v) is 12.5. The number of nitrogens with one attached hydrogen (secondary N) is 1. The molecular weight excluding hydrogens is 248 g/mol. The van der Waals surface area contributed by atoms with E-state index in [0.717, 1.165) is 24.9 Å². The molecule has 0 spiro atoms. The van der Waals surface area contributed by atoms with Gasteiger partial charge in [-0.05, 0) is 58.0 Å². The fraction of sp³-hybridized carbons (Fsp3) is 0.688. The first-order valence-corrected chi connectivity index (χ1v) is 7.92. The van der Waals surface area contributed by atoms with E-state index in [4.69, 9.17) is 0 Å². The van der Waals surface area contributed by atoms with Crippen molar-refractivity contribution < 1.29 is 0 Å². The molecule has 2 fully saturated rings. The molecule has 4 heteroatoms. The SMILES string of the molecule is CN1CCC(NC2CCN(c3ccccn3)CC2)CC1. The summed E-state index contributed by atoms with van der Waals surface area (Å²) in [6.07, 6.45) is 6.97. The number of rotatable bonds is 3. The molecule has 0 radical (unpaired) electrons. The summed E-state index contributed by atoms with van der Waals surface area (Å²) in [5.74, 6) is 1.13. The van der Waals surface area contributed by atoms with Gasteiger partial charge < -0.3 is 15.1 Å². The number of hydrogen-bond donors (Lipinski definition) is 1. The molecule has 2 aliphatic rings. The van der Waals surface area contributed by atoms with Crippen LogP contribution in [-0.2, 0) is 0 Å². The van der Waals surface area contributed by atoms with Gasteiger partial charge in [-0.15, -0.1) is 0 Å². The molecule has 110 valence electrons. The second-order valence-electron chi connectivity index (χ2n) is 6.19. The second-order valence-corrected chi connectivity index (χ2v) is 6.19. The van der Waals surface area contributed by atoms with Gasteiger partial charge in [-0.2, -0.15) is 0 Å². The van der Waals surface area contributed by atoms with Crippen molar-refractivity contribution in [1.29, 1.82) is 0 Å². The summed E-state index contributed by atoms with van der Waals surface area (Å²) in [6.45, 7) is 4.73. The first kappa shape index (κ1) is 13.8. The number of likely N-dealkylation sites (tertiary alicyclic amines) is 1. The van der Waals surface area contributed by atoms with Crippen LogP contribution in [0.2, 0.25) is 0 Å². The van der Waals surface area contributed by atoms with Crippen molar-refractivity contribution in [2.24, 2.45) is 0 Å². The lowest BCUT2D eigenvalue weighted by atomic mass is 10.00. The van der Waals surface area contributed by atoms with E-state index in [2.05, 4.69) is 39.3 Å². The molecule has 0 atom stereocenters. The maximum absolute atomic E-state index is 4.45. The Balaban J connectivity index is 1.44. The Labute approximate surface area is 122 Å². The van der Waals surface area contributed by atoms with Crippen LogP contribution in [0.1, 0.15) is 25.7 Å². The lowest BCUT2D eigenvalue weighted by molar-refractivity contribution is 0.217. The highest BCUT2D eigenvalue weighted by Gasteiger charge is 2.24. The number of anilines is 1. The van der Waals surface area contributed by atoms with Gasteiger partial charge in [-0.25, -0.2) is 4.98 Å². The average molecular weight is 274 g/mol. The predicted octanol–water partition coefficient (Wildman–Crippen LogP) is 1.73. The van der Waals surface area contributed by atoms with Gasteiger partial charge in [0.05, 0.1) is 0 Å². The lowest BCUT2D eigenvalue weighted by Gasteiger charge is -2.37. The van der Waals surface area contributed by atoms with Crippen molar-refractivity contribution in [2.75, 3.05) is 38.1 Å². The normalized spacial score (nSPS) is 23.1. The van der Waals surface area contributed by atoms with E-state index in [-0.39, 0.29) is 0 Å². The summed E-state index contributed by atoms with van der Waals surface area (Å²) in [7, 11) is 2.22. The molecule has 0 aliphatic carbocycles. The quantitative estimate of drug-likeness (QED) is 0.909. The van der Waals surface area contributed by atoms with Crippen LogP contribution in [-0.4, -0.2) is 55.2 Å². The Bertz CT molecular complexity index is 392. The standard InChI is InChI=1S/C16H26N4/c1-19-10-5-14(6-11-19)18-15-7-12-20(13-8-15)16-4-2-3-9-17-16/h2-4,9,14-15,18H,5-8,10-13H2,1H3. The van der Waals surface area contributed by atoms with E-state index >= 15 is 0 Å². The van der Waals surface area contributed by atoms with E-state index in [1.165, 1.54) is 38.8 Å². The van der Waals surface area contributed by atoms with Gasteiger partial charge in [-0.3, -0.25) is 0 Å². The lowest BCUT2D eigenvalue weighted by Crippen LogP contribution is -2.49. The number of nitrogens with zero attached hydrogens (tertiary/aromatic N) is 3. The molecule has 1 N–H and O–H groups in total. The Morgan fingerprint density at radius 3 is 2.25 bits per heavy atom. The molecule has 0 saturated carbocycles. The fourth-order valence-electron chi connectivity index (χ4n) is 3.32. The largest absolute Gasteiger partial charge is 0.357 e. The van der Waals surface area contributed by atoms with E-state index < -0.39 is 0 Å². The molecule has 4 nitrogen and oxygen atoms in total. The molecule has 2 saturated heterocycles. The van der Waals surface area contributed by atoms with Gasteiger partial charge in [0.25, 0.3) is 0 Å². The Morgan fingerprint density at radius 2 is 1.65 bits per heavy atom. The number of piperidine rings is 2. The van der Waals surface area contributed by atoms with Crippen LogP contribution in [0.15, 0.2) is 24.4 Å². The molecule has 20 heavy (non-hydrogen) atoms. The summed E-state index contributed by atoms with van der Waals surface area (Å²) in [6, 6.07) is 7.61. The minimum atomic E-state index is 0.698. The number of hydrogen-bond acceptors (Lipinski definition) is 4. The van der Waals surface area contributed by atoms with Crippen LogP contribution in [0.4, 0.5) is 5.82 Å². The zero-order valence-electron chi connectivity index (χ0n) is 12.5. The topological polar surface area (TPSA) is 31.4 Å². The summed E-state index contributed by atoms with van der Waals surface area (Å²) < 4.78 is 0. The van der Waals surface area contributed by atoms with Crippen LogP contribution in [0, 0.1) is 0 Å². The van der Waals surface area contributed by atoms with Gasteiger partial charge in [0, 0.05) is 31.4 Å². The molecule has 0 unspecified atom stereocenters. The van der Waals surface area contributed by atoms with Crippen LogP contribution in [0.5, 0.6) is 0 Å². The summed E-state index contributed by atoms with van der Waals surface area (Å²) in [5.41, 5.74) is 0. The third-order valence-corrected chi connectivity index (χ3v) is 4.66. The summed E-state index contributed by atoms with van der Waals surface area (Å²) in [5, 5.41) is 3.88. The molecule has 3 heterocycles. The summed E-state index contributed by atoms with van der Waals surface area (Å²) in [4.78, 5) is 9.29. The first-order chi connectivity index (χ1) is 9.81. The maximum atomic E-state index is 4.45. The van der Waals surface area contributed by atoms with Crippen molar-refractivity contribution in [3.8, 4) is 0 Å². The molecule has 1 aromatic heterocycles. The van der Waals surface area contributed by atoms with Gasteiger partial charge >= 0.3 is 0 Å². The number of pyridine rings is 1. The first-order valence-electron chi connectivity index (χ1n) is 7.92. The van der Waals surface area contributed by atoms with Crippen LogP contribution < -0.4 is 10.2 Å². The molecule has 0 amide bonds. The van der Waals surface area contributed by atoms with Crippen LogP contribution in [0.25, 0.3) is 0 Å². The maximum Gasteiger partial charge on any atom is 0.128 e. The minimum absolute atomic E-state index is 0.698. The third kappa shape index (κ3) is 3.49. The molecule has 1 aromatic rings. The monoisotopic (exact) mass is 274 g/mol. The van der Waals surface area contributed by atoms with E-state index in [9.17, 15) is 0 Å². The van der Waals surface area contributed by atoms with Gasteiger partial charge in [0.15, 0.2) is 0 Å². The average Bonchev–Trinajstić information content (AvgIpc) is 2.51. The van der Waals surface area contributed by atoms with E-state index in [0.29, 0.717) is 6.04 Å². The molecular formula is C16H26N4. The van der Waals surface area contributed by atoms with Gasteiger partial charge in [-0.1, -0.05) is 6.07 Å². The Hall–Kier alpha value is -1.13. The molecule has 0 aromatic carbocycles. The smallest absolute Gasteiger partial charge is 0.128 e. The second kappa shape index (κ2) is 6.55. The van der Waals surface area contributed by atoms with Crippen LogP contribution in [0.3, 0.4) is 0 Å². The highest BCUT2D eigenvalue weighted by molar-refractivity contribution is 5.38.